The maximum Gasteiger partial charge on any atom is 0.243 e. The number of sulfonamides is 1. The number of rotatable bonds is 6. The van der Waals surface area contributed by atoms with Gasteiger partial charge < -0.3 is 5.32 Å². The van der Waals surface area contributed by atoms with Gasteiger partial charge in [0.1, 0.15) is 6.04 Å². The molecule has 0 aliphatic carbocycles. The molecule has 1 aliphatic heterocycles. The lowest BCUT2D eigenvalue weighted by Crippen LogP contribution is -2.43. The van der Waals surface area contributed by atoms with Crippen molar-refractivity contribution in [1.82, 2.24) is 4.31 Å². The molecule has 1 fully saturated rings. The van der Waals surface area contributed by atoms with Gasteiger partial charge in [0.05, 0.1) is 10.6 Å². The Morgan fingerprint density at radius 2 is 1.93 bits per heavy atom. The Balaban J connectivity index is 1.82. The highest BCUT2D eigenvalue weighted by molar-refractivity contribution is 7.99. The molecular formula is C19H21ClN2O3S2. The standard InChI is InChI=1S/C19H21ClN2O3S2/c1-2-26-18-8-4-3-6-16(18)21-19(23)17-7-5-13-22(17)27(24,25)15-11-9-14(20)10-12-15/h3-4,6,8-12,17H,2,5,7,13H2,1H3,(H,21,23)/t17-/m1/s1. The summed E-state index contributed by atoms with van der Waals surface area (Å²) >= 11 is 7.49. The molecule has 0 unspecified atom stereocenters. The molecule has 1 heterocycles. The van der Waals surface area contributed by atoms with E-state index >= 15 is 0 Å². The average Bonchev–Trinajstić information content (AvgIpc) is 3.15. The van der Waals surface area contributed by atoms with Crippen molar-refractivity contribution in [3.8, 4) is 0 Å². The second-order valence-electron chi connectivity index (χ2n) is 6.15. The van der Waals surface area contributed by atoms with Crippen molar-refractivity contribution < 1.29 is 13.2 Å². The summed E-state index contributed by atoms with van der Waals surface area (Å²) in [7, 11) is -3.75. The maximum atomic E-state index is 13.0. The van der Waals surface area contributed by atoms with E-state index in [9.17, 15) is 13.2 Å². The van der Waals surface area contributed by atoms with Crippen LogP contribution in [0.15, 0.2) is 58.3 Å². The molecule has 1 aliphatic rings. The van der Waals surface area contributed by atoms with Crippen molar-refractivity contribution in [2.75, 3.05) is 17.6 Å². The normalized spacial score (nSPS) is 17.8. The van der Waals surface area contributed by atoms with Gasteiger partial charge >= 0.3 is 0 Å². The van der Waals surface area contributed by atoms with E-state index in [-0.39, 0.29) is 10.8 Å². The highest BCUT2D eigenvalue weighted by Crippen LogP contribution is 2.30. The van der Waals surface area contributed by atoms with Crippen LogP contribution in [0, 0.1) is 0 Å². The molecule has 0 spiro atoms. The van der Waals surface area contributed by atoms with Crippen molar-refractivity contribution in [2.45, 2.75) is 35.6 Å². The van der Waals surface area contributed by atoms with Crippen molar-refractivity contribution in [2.24, 2.45) is 0 Å². The zero-order valence-electron chi connectivity index (χ0n) is 14.9. The van der Waals surface area contributed by atoms with E-state index in [0.717, 1.165) is 10.6 Å². The van der Waals surface area contributed by atoms with E-state index in [0.29, 0.717) is 30.1 Å². The molecule has 27 heavy (non-hydrogen) atoms. The highest BCUT2D eigenvalue weighted by Gasteiger charge is 2.39. The predicted molar refractivity (Wildman–Crippen MR) is 110 cm³/mol. The first-order chi connectivity index (χ1) is 12.9. The number of para-hydroxylation sites is 1. The summed E-state index contributed by atoms with van der Waals surface area (Å²) in [6, 6.07) is 12.9. The van der Waals surface area contributed by atoms with Crippen LogP contribution in [-0.2, 0) is 14.8 Å². The summed E-state index contributed by atoms with van der Waals surface area (Å²) < 4.78 is 27.3. The molecule has 0 radical (unpaired) electrons. The Kier molecular flexibility index (Phi) is 6.47. The Bertz CT molecular complexity index is 917. The average molecular weight is 425 g/mol. The van der Waals surface area contributed by atoms with E-state index in [1.54, 1.807) is 11.8 Å². The Labute approximate surface area is 169 Å². The minimum absolute atomic E-state index is 0.147. The summed E-state index contributed by atoms with van der Waals surface area (Å²) in [5.74, 6) is 0.585. The summed E-state index contributed by atoms with van der Waals surface area (Å²) in [5, 5.41) is 3.38. The number of nitrogens with zero attached hydrogens (tertiary/aromatic N) is 1. The van der Waals surface area contributed by atoms with Gasteiger partial charge in [-0.25, -0.2) is 8.42 Å². The lowest BCUT2D eigenvalue weighted by Gasteiger charge is -2.24. The van der Waals surface area contributed by atoms with Gasteiger partial charge in [-0.15, -0.1) is 11.8 Å². The number of thioether (sulfide) groups is 1. The maximum absolute atomic E-state index is 13.0. The molecular weight excluding hydrogens is 404 g/mol. The molecule has 2 aromatic rings. The van der Waals surface area contributed by atoms with Gasteiger partial charge in [0.25, 0.3) is 0 Å². The van der Waals surface area contributed by atoms with Crippen LogP contribution in [0.2, 0.25) is 5.02 Å². The second kappa shape index (κ2) is 8.65. The molecule has 3 rings (SSSR count). The van der Waals surface area contributed by atoms with E-state index in [1.165, 1.54) is 28.6 Å². The zero-order valence-corrected chi connectivity index (χ0v) is 17.3. The van der Waals surface area contributed by atoms with Gasteiger partial charge in [-0.3, -0.25) is 4.79 Å². The molecule has 0 bridgehead atoms. The highest BCUT2D eigenvalue weighted by atomic mass is 35.5. The smallest absolute Gasteiger partial charge is 0.243 e. The Morgan fingerprint density at radius 1 is 1.22 bits per heavy atom. The van der Waals surface area contributed by atoms with Gasteiger partial charge in [0.15, 0.2) is 0 Å². The number of carbonyl (C=O) groups excluding carboxylic acids is 1. The molecule has 1 N–H and O–H groups in total. The number of hydrogen-bond donors (Lipinski definition) is 1. The Hall–Kier alpha value is -1.54. The van der Waals surface area contributed by atoms with Crippen LogP contribution in [0.25, 0.3) is 0 Å². The molecule has 1 saturated heterocycles. The van der Waals surface area contributed by atoms with Crippen LogP contribution in [0.3, 0.4) is 0 Å². The fraction of sp³-hybridized carbons (Fsp3) is 0.316. The van der Waals surface area contributed by atoms with Crippen molar-refractivity contribution in [3.63, 3.8) is 0 Å². The quantitative estimate of drug-likeness (QED) is 0.704. The van der Waals surface area contributed by atoms with Gasteiger partial charge in [0, 0.05) is 16.5 Å². The molecule has 0 saturated carbocycles. The van der Waals surface area contributed by atoms with Gasteiger partial charge in [0.2, 0.25) is 15.9 Å². The van der Waals surface area contributed by atoms with Gasteiger partial charge in [-0.2, -0.15) is 4.31 Å². The van der Waals surface area contributed by atoms with Crippen molar-refractivity contribution >= 4 is 45.0 Å². The first kappa shape index (κ1) is 20.2. The third kappa shape index (κ3) is 4.48. The molecule has 2 aromatic carbocycles. The number of benzene rings is 2. The van der Waals surface area contributed by atoms with E-state index in [2.05, 4.69) is 5.32 Å². The number of nitrogens with one attached hydrogen (secondary N) is 1. The molecule has 8 heteroatoms. The summed E-state index contributed by atoms with van der Waals surface area (Å²) in [6.45, 7) is 2.37. The monoisotopic (exact) mass is 424 g/mol. The lowest BCUT2D eigenvalue weighted by molar-refractivity contribution is -0.119. The lowest BCUT2D eigenvalue weighted by atomic mass is 10.2. The van der Waals surface area contributed by atoms with Gasteiger partial charge in [-0.1, -0.05) is 30.7 Å². The largest absolute Gasteiger partial charge is 0.324 e. The topological polar surface area (TPSA) is 66.5 Å². The number of anilines is 1. The summed E-state index contributed by atoms with van der Waals surface area (Å²) in [6.07, 6.45) is 1.15. The fourth-order valence-corrected chi connectivity index (χ4v) is 5.64. The van der Waals surface area contributed by atoms with Crippen LogP contribution in [0.5, 0.6) is 0 Å². The van der Waals surface area contributed by atoms with Crippen LogP contribution >= 0.6 is 23.4 Å². The van der Waals surface area contributed by atoms with Crippen LogP contribution in [-0.4, -0.2) is 37.0 Å². The first-order valence-corrected chi connectivity index (χ1v) is 11.5. The summed E-state index contributed by atoms with van der Waals surface area (Å²) in [4.78, 5) is 14.0. The van der Waals surface area contributed by atoms with Crippen LogP contribution in [0.1, 0.15) is 19.8 Å². The molecule has 1 atom stereocenters. The molecule has 144 valence electrons. The van der Waals surface area contributed by atoms with Gasteiger partial charge in [-0.05, 0) is 55.0 Å². The minimum atomic E-state index is -3.75. The molecule has 1 amide bonds. The zero-order chi connectivity index (χ0) is 19.4. The van der Waals surface area contributed by atoms with E-state index < -0.39 is 16.1 Å². The Morgan fingerprint density at radius 3 is 2.63 bits per heavy atom. The second-order valence-corrected chi connectivity index (χ2v) is 9.78. The predicted octanol–water partition coefficient (Wildman–Crippen LogP) is 4.24. The van der Waals surface area contributed by atoms with Crippen molar-refractivity contribution in [1.29, 1.82) is 0 Å². The van der Waals surface area contributed by atoms with Crippen LogP contribution < -0.4 is 5.32 Å². The van der Waals surface area contributed by atoms with E-state index in [4.69, 9.17) is 11.6 Å². The van der Waals surface area contributed by atoms with Crippen LogP contribution in [0.4, 0.5) is 5.69 Å². The number of amides is 1. The molecule has 5 nitrogen and oxygen atoms in total. The van der Waals surface area contributed by atoms with E-state index in [1.807, 2.05) is 31.2 Å². The van der Waals surface area contributed by atoms with Crippen molar-refractivity contribution in [3.05, 3.63) is 53.6 Å². The first-order valence-electron chi connectivity index (χ1n) is 8.73. The molecule has 0 aromatic heterocycles. The third-order valence-electron chi connectivity index (χ3n) is 4.37. The number of halogens is 1. The number of hydrogen-bond acceptors (Lipinski definition) is 4. The SMILES string of the molecule is CCSc1ccccc1NC(=O)[C@H]1CCCN1S(=O)(=O)c1ccc(Cl)cc1. The third-order valence-corrected chi connectivity index (χ3v) is 7.50. The number of carbonyl (C=O) groups is 1. The summed E-state index contributed by atoms with van der Waals surface area (Å²) in [5.41, 5.74) is 0.713. The fourth-order valence-electron chi connectivity index (χ4n) is 3.10. The minimum Gasteiger partial charge on any atom is -0.324 e.